The smallest absolute Gasteiger partial charge is 0.335 e. The Labute approximate surface area is 281 Å². The number of fused-ring (bicyclic) bond motifs is 5. The molecule has 4 aliphatic rings. The number of aliphatic hydroxyl groups excluding tert-OH is 1. The fourth-order valence-corrected chi connectivity index (χ4v) is 11.2. The molecule has 0 spiro atoms. The lowest BCUT2D eigenvalue weighted by atomic mass is 9.44. The van der Waals surface area contributed by atoms with Crippen LogP contribution in [0.3, 0.4) is 0 Å². The van der Waals surface area contributed by atoms with Crippen LogP contribution in [0.5, 0.6) is 0 Å². The maximum atomic E-state index is 12.1. The molecule has 10 atom stereocenters. The molecular weight excluding hydrogens is 572 g/mol. The molecule has 4 fully saturated rings. The molecule has 0 heterocycles. The van der Waals surface area contributed by atoms with Gasteiger partial charge in [0.2, 0.25) is 0 Å². The van der Waals surface area contributed by atoms with Crippen molar-refractivity contribution in [1.29, 1.82) is 0 Å². The van der Waals surface area contributed by atoms with Gasteiger partial charge < -0.3 is 14.6 Å². The lowest BCUT2D eigenvalue weighted by Gasteiger charge is -2.61. The minimum Gasteiger partial charge on any atom is -0.462 e. The minimum absolute atomic E-state index is 0.0413. The molecule has 262 valence electrons. The van der Waals surface area contributed by atoms with Crippen molar-refractivity contribution >= 4 is 11.9 Å². The van der Waals surface area contributed by atoms with Crippen molar-refractivity contribution in [2.24, 2.45) is 64.1 Å². The molecule has 1 N–H and O–H groups in total. The Bertz CT molecular complexity index is 1060. The summed E-state index contributed by atoms with van der Waals surface area (Å²) in [5, 5.41) is 9.20. The maximum absolute atomic E-state index is 12.1. The number of esters is 2. The largest absolute Gasteiger partial charge is 0.462 e. The van der Waals surface area contributed by atoms with Crippen LogP contribution < -0.4 is 0 Å². The number of carbonyl (C=O) groups is 2. The average Bonchev–Trinajstić information content (AvgIpc) is 3.38. The van der Waals surface area contributed by atoms with Crippen molar-refractivity contribution in [2.75, 3.05) is 19.8 Å². The van der Waals surface area contributed by atoms with Gasteiger partial charge in [-0.15, -0.1) is 0 Å². The Balaban J connectivity index is 1.29. The molecule has 0 bridgehead atoms. The van der Waals surface area contributed by atoms with Crippen LogP contribution in [-0.2, 0) is 19.1 Å². The molecule has 0 saturated heterocycles. The molecule has 4 aliphatic carbocycles. The van der Waals surface area contributed by atoms with Gasteiger partial charge in [-0.1, -0.05) is 79.9 Å². The van der Waals surface area contributed by atoms with E-state index < -0.39 is 18.5 Å². The SMILES string of the molecule is C=C(C)C(=O)OCC(CCC[C@H]1CC[C@@]2(C)[C@@H](CC[C@@H]3[C@@H]2CC[C@]2(C)C([C@H](C)CCCC(C)C)CC[C@@H]32)C1)COC(=O)C(=C)CO. The van der Waals surface area contributed by atoms with Gasteiger partial charge in [-0.05, 0) is 129 Å². The van der Waals surface area contributed by atoms with E-state index in [4.69, 9.17) is 9.47 Å². The second-order valence-corrected chi connectivity index (χ2v) is 17.4. The minimum atomic E-state index is -0.590. The molecule has 0 aromatic heterocycles. The molecule has 0 aliphatic heterocycles. The highest BCUT2D eigenvalue weighted by Crippen LogP contribution is 2.68. The maximum Gasteiger partial charge on any atom is 0.335 e. The molecule has 46 heavy (non-hydrogen) atoms. The van der Waals surface area contributed by atoms with E-state index in [-0.39, 0.29) is 24.7 Å². The lowest BCUT2D eigenvalue weighted by molar-refractivity contribution is -0.144. The normalized spacial score (nSPS) is 35.0. The first-order chi connectivity index (χ1) is 21.8. The summed E-state index contributed by atoms with van der Waals surface area (Å²) in [5.74, 6) is 5.95. The highest BCUT2D eigenvalue weighted by atomic mass is 16.5. The summed E-state index contributed by atoms with van der Waals surface area (Å²) in [6.45, 7) is 21.5. The highest BCUT2D eigenvalue weighted by molar-refractivity contribution is 5.88. The molecule has 4 rings (SSSR count). The van der Waals surface area contributed by atoms with Gasteiger partial charge in [-0.3, -0.25) is 0 Å². The number of carbonyl (C=O) groups excluding carboxylic acids is 2. The second kappa shape index (κ2) is 16.2. The molecule has 0 amide bonds. The Morgan fingerprint density at radius 2 is 1.50 bits per heavy atom. The zero-order valence-electron chi connectivity index (χ0n) is 30.4. The van der Waals surface area contributed by atoms with Crippen molar-refractivity contribution in [3.05, 3.63) is 24.3 Å². The van der Waals surface area contributed by atoms with Gasteiger partial charge in [0.15, 0.2) is 0 Å². The Kier molecular flexibility index (Phi) is 13.1. The zero-order chi connectivity index (χ0) is 33.6. The van der Waals surface area contributed by atoms with Crippen molar-refractivity contribution in [3.8, 4) is 0 Å². The van der Waals surface area contributed by atoms with Gasteiger partial charge in [-0.25, -0.2) is 9.59 Å². The van der Waals surface area contributed by atoms with Crippen LogP contribution in [0.1, 0.15) is 138 Å². The topological polar surface area (TPSA) is 72.8 Å². The van der Waals surface area contributed by atoms with Gasteiger partial charge in [0.25, 0.3) is 0 Å². The first-order valence-corrected chi connectivity index (χ1v) is 19.1. The first kappa shape index (κ1) is 37.2. The quantitative estimate of drug-likeness (QED) is 0.134. The molecule has 5 heteroatoms. The van der Waals surface area contributed by atoms with Crippen LogP contribution in [0.2, 0.25) is 0 Å². The third kappa shape index (κ3) is 8.50. The molecule has 0 aromatic rings. The van der Waals surface area contributed by atoms with Crippen molar-refractivity contribution in [1.82, 2.24) is 0 Å². The highest BCUT2D eigenvalue weighted by Gasteiger charge is 2.60. The number of aliphatic hydroxyl groups is 1. The van der Waals surface area contributed by atoms with Gasteiger partial charge in [0, 0.05) is 11.5 Å². The molecule has 2 unspecified atom stereocenters. The lowest BCUT2D eigenvalue weighted by Crippen LogP contribution is -2.53. The second-order valence-electron chi connectivity index (χ2n) is 17.4. The van der Waals surface area contributed by atoms with E-state index in [0.29, 0.717) is 16.4 Å². The third-order valence-electron chi connectivity index (χ3n) is 13.9. The van der Waals surface area contributed by atoms with E-state index in [2.05, 4.69) is 47.8 Å². The molecular formula is C41H68O5. The van der Waals surface area contributed by atoms with Crippen LogP contribution in [0.4, 0.5) is 0 Å². The van der Waals surface area contributed by atoms with Crippen LogP contribution in [0.25, 0.3) is 0 Å². The van der Waals surface area contributed by atoms with E-state index in [0.717, 1.165) is 60.2 Å². The standard InChI is InChI=1S/C41H68O5/c1-27(2)11-9-12-29(5)35-17-18-36-34-16-15-33-23-31(19-21-40(33,7)37(34)20-22-41(35,36)8)13-10-14-32(25-45-38(43)28(3)4)26-46-39(44)30(6)24-42/h27,29,31-37,42H,3,6,9-26H2,1-2,4-5,7-8H3/t29-,31+,32?,33+,34+,35?,36+,37+,40+,41-/m1/s1. The fourth-order valence-electron chi connectivity index (χ4n) is 11.2. The Morgan fingerprint density at radius 1 is 0.826 bits per heavy atom. The summed E-state index contributed by atoms with van der Waals surface area (Å²) in [5.41, 5.74) is 1.48. The summed E-state index contributed by atoms with van der Waals surface area (Å²) in [4.78, 5) is 24.1. The molecule has 0 aromatic carbocycles. The number of hydrogen-bond acceptors (Lipinski definition) is 5. The Hall–Kier alpha value is -1.62. The van der Waals surface area contributed by atoms with Gasteiger partial charge in [0.05, 0.1) is 25.4 Å². The monoisotopic (exact) mass is 641 g/mol. The average molecular weight is 641 g/mol. The molecule has 5 nitrogen and oxygen atoms in total. The van der Waals surface area contributed by atoms with E-state index in [1.807, 2.05) is 0 Å². The number of hydrogen-bond donors (Lipinski definition) is 1. The predicted octanol–water partition coefficient (Wildman–Crippen LogP) is 9.72. The van der Waals surface area contributed by atoms with E-state index in [9.17, 15) is 14.7 Å². The molecule has 4 saturated carbocycles. The van der Waals surface area contributed by atoms with Crippen molar-refractivity contribution < 1.29 is 24.2 Å². The van der Waals surface area contributed by atoms with Crippen molar-refractivity contribution in [3.63, 3.8) is 0 Å². The summed E-state index contributed by atoms with van der Waals surface area (Å²) in [6.07, 6.45) is 20.0. The summed E-state index contributed by atoms with van der Waals surface area (Å²) >= 11 is 0. The number of ether oxygens (including phenoxy) is 2. The van der Waals surface area contributed by atoms with E-state index in [1.165, 1.54) is 83.5 Å². The Morgan fingerprint density at radius 3 is 2.17 bits per heavy atom. The zero-order valence-corrected chi connectivity index (χ0v) is 30.4. The summed E-state index contributed by atoms with van der Waals surface area (Å²) in [7, 11) is 0. The number of rotatable bonds is 16. The van der Waals surface area contributed by atoms with Crippen LogP contribution in [0, 0.1) is 64.1 Å². The van der Waals surface area contributed by atoms with Crippen LogP contribution in [0.15, 0.2) is 24.3 Å². The van der Waals surface area contributed by atoms with Crippen LogP contribution in [-0.4, -0.2) is 36.9 Å². The third-order valence-corrected chi connectivity index (χ3v) is 13.9. The van der Waals surface area contributed by atoms with Gasteiger partial charge in [0.1, 0.15) is 0 Å². The van der Waals surface area contributed by atoms with Gasteiger partial charge in [-0.2, -0.15) is 0 Å². The van der Waals surface area contributed by atoms with Crippen LogP contribution >= 0.6 is 0 Å². The van der Waals surface area contributed by atoms with E-state index in [1.54, 1.807) is 6.92 Å². The van der Waals surface area contributed by atoms with Crippen molar-refractivity contribution in [2.45, 2.75) is 138 Å². The first-order valence-electron chi connectivity index (χ1n) is 19.1. The summed E-state index contributed by atoms with van der Waals surface area (Å²) in [6, 6.07) is 0. The predicted molar refractivity (Wildman–Crippen MR) is 187 cm³/mol. The van der Waals surface area contributed by atoms with E-state index >= 15 is 0 Å². The summed E-state index contributed by atoms with van der Waals surface area (Å²) < 4.78 is 10.8. The van der Waals surface area contributed by atoms with Gasteiger partial charge >= 0.3 is 11.9 Å². The fraction of sp³-hybridized carbons (Fsp3) is 0.854. The molecule has 0 radical (unpaired) electrons.